The minimum absolute atomic E-state index is 0.0422. The first-order valence-electron chi connectivity index (χ1n) is 3.74. The molecule has 0 spiro atoms. The lowest BCUT2D eigenvalue weighted by Crippen LogP contribution is -2.00. The normalized spacial score (nSPS) is 11.5. The zero-order chi connectivity index (χ0) is 8.53. The average molecular weight is 229 g/mol. The highest BCUT2D eigenvalue weighted by molar-refractivity contribution is 7.99. The summed E-state index contributed by atoms with van der Waals surface area (Å²) >= 11 is 13.2. The highest BCUT2D eigenvalue weighted by Crippen LogP contribution is 2.07. The molecule has 0 nitrogen and oxygen atoms in total. The molecule has 0 N–H and O–H groups in total. The SMILES string of the molecule is C=CCSCCC[SiH2]C(Cl)Cl. The predicted octanol–water partition coefficient (Wildman–Crippen LogP) is 2.64. The van der Waals surface area contributed by atoms with Gasteiger partial charge in [0.1, 0.15) is 0 Å². The topological polar surface area (TPSA) is 0 Å². The van der Waals surface area contributed by atoms with E-state index in [4.69, 9.17) is 23.2 Å². The van der Waals surface area contributed by atoms with Crippen LogP contribution in [0.1, 0.15) is 6.42 Å². The van der Waals surface area contributed by atoms with Crippen LogP contribution in [-0.4, -0.2) is 25.5 Å². The van der Waals surface area contributed by atoms with Crippen LogP contribution in [0.2, 0.25) is 6.04 Å². The van der Waals surface area contributed by atoms with E-state index < -0.39 is 0 Å². The number of hydrogen-bond acceptors (Lipinski definition) is 1. The molecule has 0 atom stereocenters. The fraction of sp³-hybridized carbons (Fsp3) is 0.714. The number of rotatable bonds is 7. The first-order valence-corrected chi connectivity index (χ1v) is 7.58. The van der Waals surface area contributed by atoms with E-state index in [0.29, 0.717) is 0 Å². The minimum Gasteiger partial charge on any atom is -0.158 e. The Balaban J connectivity index is 2.85. The summed E-state index contributed by atoms with van der Waals surface area (Å²) < 4.78 is -0.0422. The van der Waals surface area contributed by atoms with Crippen molar-refractivity contribution < 1.29 is 0 Å². The van der Waals surface area contributed by atoms with Crippen LogP contribution in [-0.2, 0) is 0 Å². The van der Waals surface area contributed by atoms with E-state index in [1.54, 1.807) is 0 Å². The molecule has 0 aliphatic heterocycles. The molecule has 0 aromatic rings. The maximum atomic E-state index is 5.62. The molecule has 0 saturated carbocycles. The smallest absolute Gasteiger partial charge is 0.0908 e. The van der Waals surface area contributed by atoms with Gasteiger partial charge in [-0.3, -0.25) is 0 Å². The number of thioether (sulfide) groups is 1. The second-order valence-electron chi connectivity index (χ2n) is 2.25. The van der Waals surface area contributed by atoms with E-state index >= 15 is 0 Å². The van der Waals surface area contributed by atoms with Crippen LogP contribution in [0.25, 0.3) is 0 Å². The zero-order valence-electron chi connectivity index (χ0n) is 6.56. The summed E-state index contributed by atoms with van der Waals surface area (Å²) in [5.74, 6) is 2.28. The van der Waals surface area contributed by atoms with Crippen molar-refractivity contribution in [3.8, 4) is 0 Å². The summed E-state index contributed by atoms with van der Waals surface area (Å²) in [5, 5.41) is 0. The van der Waals surface area contributed by atoms with E-state index in [2.05, 4.69) is 6.58 Å². The van der Waals surface area contributed by atoms with Crippen LogP contribution < -0.4 is 0 Å². The van der Waals surface area contributed by atoms with Crippen molar-refractivity contribution in [1.29, 1.82) is 0 Å². The summed E-state index contributed by atoms with van der Waals surface area (Å²) in [6.07, 6.45) is 3.20. The first-order chi connectivity index (χ1) is 5.27. The van der Waals surface area contributed by atoms with Gasteiger partial charge < -0.3 is 0 Å². The molecule has 11 heavy (non-hydrogen) atoms. The van der Waals surface area contributed by atoms with E-state index in [9.17, 15) is 0 Å². The lowest BCUT2D eigenvalue weighted by molar-refractivity contribution is 1.09. The van der Waals surface area contributed by atoms with Gasteiger partial charge in [-0.1, -0.05) is 12.1 Å². The van der Waals surface area contributed by atoms with Crippen LogP contribution in [0.4, 0.5) is 0 Å². The van der Waals surface area contributed by atoms with Crippen molar-refractivity contribution in [2.24, 2.45) is 0 Å². The molecule has 0 aliphatic rings. The third-order valence-electron chi connectivity index (χ3n) is 1.20. The summed E-state index contributed by atoms with van der Waals surface area (Å²) in [7, 11) is -0.196. The molecule has 66 valence electrons. The van der Waals surface area contributed by atoms with E-state index in [-0.39, 0.29) is 14.0 Å². The molecule has 0 heterocycles. The molecule has 0 aliphatic carbocycles. The number of hydrogen-bond donors (Lipinski definition) is 0. The Morgan fingerprint density at radius 2 is 2.27 bits per heavy atom. The molecule has 0 fully saturated rings. The first kappa shape index (κ1) is 11.9. The summed E-state index contributed by atoms with van der Waals surface area (Å²) in [5.41, 5.74) is 0. The van der Waals surface area contributed by atoms with Crippen molar-refractivity contribution in [3.63, 3.8) is 0 Å². The fourth-order valence-electron chi connectivity index (χ4n) is 0.669. The molecule has 0 bridgehead atoms. The van der Waals surface area contributed by atoms with Crippen molar-refractivity contribution in [1.82, 2.24) is 0 Å². The Morgan fingerprint density at radius 1 is 1.55 bits per heavy atom. The summed E-state index contributed by atoms with van der Waals surface area (Å²) in [6.45, 7) is 3.65. The molecule has 0 aromatic carbocycles. The summed E-state index contributed by atoms with van der Waals surface area (Å²) in [6, 6.07) is 1.27. The van der Waals surface area contributed by atoms with Crippen molar-refractivity contribution in [3.05, 3.63) is 12.7 Å². The standard InChI is InChI=1S/C7H14Cl2SSi/c1-2-4-10-5-3-6-11-7(8)9/h2,7H,1,3-6,11H2. The maximum Gasteiger partial charge on any atom is 0.0908 e. The second-order valence-corrected chi connectivity index (χ2v) is 7.81. The van der Waals surface area contributed by atoms with Crippen LogP contribution >= 0.6 is 35.0 Å². The molecule has 0 aromatic heterocycles. The van der Waals surface area contributed by atoms with Crippen LogP contribution in [0.15, 0.2) is 12.7 Å². The lowest BCUT2D eigenvalue weighted by atomic mass is 10.6. The molecule has 0 radical (unpaired) electrons. The van der Waals surface area contributed by atoms with E-state index in [1.165, 1.54) is 18.2 Å². The van der Waals surface area contributed by atoms with Crippen LogP contribution in [0.5, 0.6) is 0 Å². The minimum atomic E-state index is -0.196. The van der Waals surface area contributed by atoms with Crippen molar-refractivity contribution >= 4 is 44.5 Å². The third-order valence-corrected chi connectivity index (χ3v) is 4.90. The molecule has 0 unspecified atom stereocenters. The van der Waals surface area contributed by atoms with Gasteiger partial charge in [-0.05, 0) is 12.2 Å². The fourth-order valence-corrected chi connectivity index (χ4v) is 3.55. The molecule has 0 saturated heterocycles. The molecular formula is C7H14Cl2SSi. The lowest BCUT2D eigenvalue weighted by Gasteiger charge is -1.99. The van der Waals surface area contributed by atoms with Gasteiger partial charge in [0.2, 0.25) is 0 Å². The number of halogens is 2. The Kier molecular flexibility index (Phi) is 9.70. The highest BCUT2D eigenvalue weighted by Gasteiger charge is 1.98. The van der Waals surface area contributed by atoms with Crippen molar-refractivity contribution in [2.75, 3.05) is 11.5 Å². The Bertz CT molecular complexity index is 98.4. The van der Waals surface area contributed by atoms with Gasteiger partial charge in [0.15, 0.2) is 0 Å². The van der Waals surface area contributed by atoms with Gasteiger partial charge in [-0.15, -0.1) is 29.8 Å². The second kappa shape index (κ2) is 8.98. The van der Waals surface area contributed by atoms with E-state index in [1.807, 2.05) is 17.8 Å². The van der Waals surface area contributed by atoms with Gasteiger partial charge >= 0.3 is 0 Å². The average Bonchev–Trinajstić information content (AvgIpc) is 1.96. The Morgan fingerprint density at radius 3 is 2.82 bits per heavy atom. The van der Waals surface area contributed by atoms with Gasteiger partial charge in [-0.2, -0.15) is 11.8 Å². The molecule has 0 rings (SSSR count). The van der Waals surface area contributed by atoms with Gasteiger partial charge in [0.05, 0.1) is 14.0 Å². The Labute approximate surface area is 85.5 Å². The largest absolute Gasteiger partial charge is 0.158 e. The Hall–Kier alpha value is 0.887. The van der Waals surface area contributed by atoms with Gasteiger partial charge in [-0.25, -0.2) is 0 Å². The van der Waals surface area contributed by atoms with Gasteiger partial charge in [0, 0.05) is 5.75 Å². The van der Waals surface area contributed by atoms with Crippen LogP contribution in [0.3, 0.4) is 0 Å². The summed E-state index contributed by atoms with van der Waals surface area (Å²) in [4.78, 5) is 0. The zero-order valence-corrected chi connectivity index (χ0v) is 10.3. The van der Waals surface area contributed by atoms with E-state index in [0.717, 1.165) is 5.75 Å². The monoisotopic (exact) mass is 228 g/mol. The molecule has 0 amide bonds. The maximum absolute atomic E-state index is 5.62. The number of alkyl halides is 2. The van der Waals surface area contributed by atoms with Crippen LogP contribution in [0, 0.1) is 0 Å². The van der Waals surface area contributed by atoms with Crippen molar-refractivity contribution in [2.45, 2.75) is 16.9 Å². The molecular weight excluding hydrogens is 215 g/mol. The van der Waals surface area contributed by atoms with Gasteiger partial charge in [0.25, 0.3) is 0 Å². The quantitative estimate of drug-likeness (QED) is 0.280. The molecule has 4 heteroatoms. The third kappa shape index (κ3) is 10.9. The highest BCUT2D eigenvalue weighted by atomic mass is 35.5. The predicted molar refractivity (Wildman–Crippen MR) is 61.0 cm³/mol.